The van der Waals surface area contributed by atoms with Crippen molar-refractivity contribution in [3.63, 3.8) is 0 Å². The van der Waals surface area contributed by atoms with Crippen molar-refractivity contribution in [2.24, 2.45) is 0 Å². The van der Waals surface area contributed by atoms with E-state index in [0.717, 1.165) is 25.9 Å². The summed E-state index contributed by atoms with van der Waals surface area (Å²) in [6.07, 6.45) is 4.84. The van der Waals surface area contributed by atoms with Gasteiger partial charge in [-0.2, -0.15) is 9.40 Å². The largest absolute Gasteiger partial charge is 0.380 e. The summed E-state index contributed by atoms with van der Waals surface area (Å²) in [4.78, 5) is 0.259. The number of sulfonamides is 1. The van der Waals surface area contributed by atoms with Crippen LogP contribution in [0.5, 0.6) is 0 Å². The van der Waals surface area contributed by atoms with Gasteiger partial charge in [0.05, 0.1) is 18.8 Å². The summed E-state index contributed by atoms with van der Waals surface area (Å²) in [5, 5.41) is 7.39. The van der Waals surface area contributed by atoms with E-state index < -0.39 is 10.0 Å². The Hall–Kier alpha value is -0.960. The molecule has 7 nitrogen and oxygen atoms in total. The Bertz CT molecular complexity index is 543. The molecule has 120 valence electrons. The van der Waals surface area contributed by atoms with Crippen molar-refractivity contribution in [2.75, 3.05) is 33.3 Å². The first-order chi connectivity index (χ1) is 10.1. The molecule has 0 amide bonds. The fourth-order valence-corrected chi connectivity index (χ4v) is 3.79. The summed E-state index contributed by atoms with van der Waals surface area (Å²) in [7, 11) is -1.83. The van der Waals surface area contributed by atoms with Gasteiger partial charge < -0.3 is 10.1 Å². The van der Waals surface area contributed by atoms with E-state index in [9.17, 15) is 8.42 Å². The van der Waals surface area contributed by atoms with Crippen LogP contribution in [0.25, 0.3) is 0 Å². The van der Waals surface area contributed by atoms with Crippen LogP contribution < -0.4 is 5.32 Å². The molecular formula is C13H24N4O3S. The van der Waals surface area contributed by atoms with Gasteiger partial charge in [-0.05, 0) is 19.4 Å². The van der Waals surface area contributed by atoms with Gasteiger partial charge in [-0.25, -0.2) is 8.42 Å². The van der Waals surface area contributed by atoms with Crippen LogP contribution in [-0.2, 0) is 21.3 Å². The first-order valence-electron chi connectivity index (χ1n) is 7.34. The zero-order chi connectivity index (χ0) is 15.3. The maximum absolute atomic E-state index is 12.5. The first kappa shape index (κ1) is 16.4. The van der Waals surface area contributed by atoms with Gasteiger partial charge in [-0.3, -0.25) is 4.68 Å². The highest BCUT2D eigenvalue weighted by atomic mass is 32.2. The van der Waals surface area contributed by atoms with E-state index in [1.165, 1.54) is 10.5 Å². The summed E-state index contributed by atoms with van der Waals surface area (Å²) >= 11 is 0. The molecule has 1 N–H and O–H groups in total. The lowest BCUT2D eigenvalue weighted by Crippen LogP contribution is -2.29. The fraction of sp³-hybridized carbons (Fsp3) is 0.769. The van der Waals surface area contributed by atoms with Crippen LogP contribution in [0.2, 0.25) is 0 Å². The van der Waals surface area contributed by atoms with Gasteiger partial charge in [0, 0.05) is 32.9 Å². The van der Waals surface area contributed by atoms with Gasteiger partial charge in [-0.1, -0.05) is 6.92 Å². The highest BCUT2D eigenvalue weighted by molar-refractivity contribution is 7.89. The van der Waals surface area contributed by atoms with Gasteiger partial charge in [0.1, 0.15) is 4.90 Å². The van der Waals surface area contributed by atoms with E-state index in [1.54, 1.807) is 18.0 Å². The molecule has 0 spiro atoms. The maximum Gasteiger partial charge on any atom is 0.246 e. The van der Waals surface area contributed by atoms with Crippen molar-refractivity contribution in [2.45, 2.75) is 37.3 Å². The maximum atomic E-state index is 12.5. The fourth-order valence-electron chi connectivity index (χ4n) is 2.35. The Labute approximate surface area is 126 Å². The molecule has 1 aromatic rings. The number of nitrogens with one attached hydrogen (secondary N) is 1. The minimum Gasteiger partial charge on any atom is -0.380 e. The summed E-state index contributed by atoms with van der Waals surface area (Å²) in [5.41, 5.74) is 0. The van der Waals surface area contributed by atoms with Crippen molar-refractivity contribution in [3.8, 4) is 0 Å². The molecule has 1 saturated heterocycles. The highest BCUT2D eigenvalue weighted by Gasteiger charge is 2.33. The molecule has 21 heavy (non-hydrogen) atoms. The highest BCUT2D eigenvalue weighted by Crippen LogP contribution is 2.21. The average Bonchev–Trinajstić information content (AvgIpc) is 3.13. The molecule has 2 rings (SSSR count). The van der Waals surface area contributed by atoms with E-state index in [2.05, 4.69) is 17.3 Å². The molecule has 0 radical (unpaired) electrons. The summed E-state index contributed by atoms with van der Waals surface area (Å²) in [5.74, 6) is 0. The molecule has 1 aromatic heterocycles. The van der Waals surface area contributed by atoms with Crippen LogP contribution in [0.1, 0.15) is 19.8 Å². The number of methoxy groups -OCH3 is 1. The van der Waals surface area contributed by atoms with Crippen molar-refractivity contribution < 1.29 is 13.2 Å². The number of nitrogens with zero attached hydrogens (tertiary/aromatic N) is 3. The van der Waals surface area contributed by atoms with Gasteiger partial charge in [0.2, 0.25) is 10.0 Å². The standard InChI is InChI=1S/C13H24N4O3S/c1-3-5-14-6-8-16-11-13(9-15-16)21(18,19)17-7-4-12(10-17)20-2/h9,11-12,14H,3-8,10H2,1-2H3. The van der Waals surface area contributed by atoms with Crippen molar-refractivity contribution in [1.82, 2.24) is 19.4 Å². The van der Waals surface area contributed by atoms with Crippen molar-refractivity contribution >= 4 is 10.0 Å². The van der Waals surface area contributed by atoms with Crippen LogP contribution in [0.3, 0.4) is 0 Å². The molecule has 1 atom stereocenters. The van der Waals surface area contributed by atoms with Crippen LogP contribution in [-0.4, -0.2) is 61.9 Å². The SMILES string of the molecule is CCCNCCn1cc(S(=O)(=O)N2CCC(OC)C2)cn1. The van der Waals surface area contributed by atoms with Gasteiger partial charge >= 0.3 is 0 Å². The number of ether oxygens (including phenoxy) is 1. The molecule has 0 aromatic carbocycles. The lowest BCUT2D eigenvalue weighted by atomic mass is 10.3. The lowest BCUT2D eigenvalue weighted by molar-refractivity contribution is 0.115. The zero-order valence-electron chi connectivity index (χ0n) is 12.7. The molecule has 1 fully saturated rings. The van der Waals surface area contributed by atoms with Crippen LogP contribution in [0.4, 0.5) is 0 Å². The molecule has 2 heterocycles. The number of hydrogen-bond acceptors (Lipinski definition) is 5. The molecule has 0 aliphatic carbocycles. The molecule has 8 heteroatoms. The Morgan fingerprint density at radius 1 is 1.48 bits per heavy atom. The monoisotopic (exact) mass is 316 g/mol. The van der Waals surface area contributed by atoms with E-state index in [-0.39, 0.29) is 11.0 Å². The van der Waals surface area contributed by atoms with E-state index in [1.807, 2.05) is 0 Å². The molecular weight excluding hydrogens is 292 g/mol. The smallest absolute Gasteiger partial charge is 0.246 e. The second kappa shape index (κ2) is 7.35. The number of hydrogen-bond donors (Lipinski definition) is 1. The van der Waals surface area contributed by atoms with Gasteiger partial charge in [-0.15, -0.1) is 0 Å². The molecule has 0 bridgehead atoms. The quantitative estimate of drug-likeness (QED) is 0.698. The van der Waals surface area contributed by atoms with Crippen molar-refractivity contribution in [1.29, 1.82) is 0 Å². The van der Waals surface area contributed by atoms with Gasteiger partial charge in [0.15, 0.2) is 0 Å². The van der Waals surface area contributed by atoms with Gasteiger partial charge in [0.25, 0.3) is 0 Å². The molecule has 1 aliphatic rings. The Morgan fingerprint density at radius 2 is 2.29 bits per heavy atom. The topological polar surface area (TPSA) is 76.5 Å². The van der Waals surface area contributed by atoms with Crippen LogP contribution >= 0.6 is 0 Å². The third-order valence-electron chi connectivity index (χ3n) is 3.63. The average molecular weight is 316 g/mol. The number of rotatable bonds is 8. The third kappa shape index (κ3) is 4.03. The normalized spacial score (nSPS) is 20.2. The minimum atomic E-state index is -3.45. The van der Waals surface area contributed by atoms with Crippen LogP contribution in [0.15, 0.2) is 17.3 Å². The Morgan fingerprint density at radius 3 is 2.95 bits per heavy atom. The third-order valence-corrected chi connectivity index (χ3v) is 5.45. The molecule has 1 unspecified atom stereocenters. The second-order valence-electron chi connectivity index (χ2n) is 5.20. The van der Waals surface area contributed by atoms with Crippen LogP contribution in [0, 0.1) is 0 Å². The first-order valence-corrected chi connectivity index (χ1v) is 8.78. The Balaban J connectivity index is 1.96. The predicted octanol–water partition coefficient (Wildman–Crippen LogP) is 0.292. The van der Waals surface area contributed by atoms with Crippen molar-refractivity contribution in [3.05, 3.63) is 12.4 Å². The number of aromatic nitrogens is 2. The summed E-state index contributed by atoms with van der Waals surface area (Å²) < 4.78 is 33.3. The lowest BCUT2D eigenvalue weighted by Gasteiger charge is -2.14. The Kier molecular flexibility index (Phi) is 5.74. The summed E-state index contributed by atoms with van der Waals surface area (Å²) in [6.45, 7) is 5.43. The van der Waals surface area contributed by atoms with E-state index in [4.69, 9.17) is 4.74 Å². The van der Waals surface area contributed by atoms with E-state index in [0.29, 0.717) is 19.6 Å². The zero-order valence-corrected chi connectivity index (χ0v) is 13.5. The van der Waals surface area contributed by atoms with E-state index >= 15 is 0 Å². The molecule has 0 saturated carbocycles. The predicted molar refractivity (Wildman–Crippen MR) is 79.6 cm³/mol. The summed E-state index contributed by atoms with van der Waals surface area (Å²) in [6, 6.07) is 0. The second-order valence-corrected chi connectivity index (χ2v) is 7.14. The minimum absolute atomic E-state index is 0.00642. The molecule has 1 aliphatic heterocycles.